The maximum Gasteiger partial charge on any atom is 0.287 e. The van der Waals surface area contributed by atoms with Crippen molar-refractivity contribution in [2.24, 2.45) is 17.3 Å². The SMILES string of the molecule is C[C@@H](C(=O)N=Nc1c(O)n(C)c2ccccc12)N(c1ccccc1)S(C)(=O)=O. The summed E-state index contributed by atoms with van der Waals surface area (Å²) in [6.45, 7) is 1.44. The smallest absolute Gasteiger partial charge is 0.287 e. The highest BCUT2D eigenvalue weighted by Gasteiger charge is 2.29. The summed E-state index contributed by atoms with van der Waals surface area (Å²) >= 11 is 0. The fourth-order valence-corrected chi connectivity index (χ4v) is 4.19. The zero-order chi connectivity index (χ0) is 20.5. The number of anilines is 1. The minimum absolute atomic E-state index is 0.131. The minimum atomic E-state index is -3.73. The van der Waals surface area contributed by atoms with Gasteiger partial charge in [0.1, 0.15) is 6.04 Å². The first-order valence-corrected chi connectivity index (χ1v) is 10.3. The van der Waals surface area contributed by atoms with Gasteiger partial charge < -0.3 is 9.67 Å². The average molecular weight is 400 g/mol. The molecule has 1 N–H and O–H groups in total. The molecule has 1 amide bonds. The highest BCUT2D eigenvalue weighted by atomic mass is 32.2. The molecule has 2 aromatic carbocycles. The number of hydrogen-bond donors (Lipinski definition) is 1. The van der Waals surface area contributed by atoms with E-state index in [9.17, 15) is 18.3 Å². The minimum Gasteiger partial charge on any atom is -0.493 e. The van der Waals surface area contributed by atoms with Crippen LogP contribution in [0.4, 0.5) is 11.4 Å². The second kappa shape index (κ2) is 7.43. The molecule has 28 heavy (non-hydrogen) atoms. The summed E-state index contributed by atoms with van der Waals surface area (Å²) in [5, 5.41) is 18.5. The molecule has 0 saturated carbocycles. The largest absolute Gasteiger partial charge is 0.493 e. The zero-order valence-corrected chi connectivity index (χ0v) is 16.5. The number of amides is 1. The van der Waals surface area contributed by atoms with Crippen LogP contribution in [0.2, 0.25) is 0 Å². The standard InChI is InChI=1S/C19H20N4O4S/c1-13(23(28(3,26)27)14-9-5-4-6-10-14)18(24)21-20-17-15-11-7-8-12-16(15)22(2)19(17)25/h4-13,25H,1-3H3/t13-/m0/s1. The van der Waals surface area contributed by atoms with Gasteiger partial charge in [-0.2, -0.15) is 0 Å². The second-order valence-corrected chi connectivity index (χ2v) is 8.22. The summed E-state index contributed by atoms with van der Waals surface area (Å²) < 4.78 is 27.0. The molecular formula is C19H20N4O4S. The number of carbonyl (C=O) groups excluding carboxylic acids is 1. The quantitative estimate of drug-likeness (QED) is 0.663. The lowest BCUT2D eigenvalue weighted by molar-refractivity contribution is -0.119. The van der Waals surface area contributed by atoms with E-state index >= 15 is 0 Å². The molecule has 0 saturated heterocycles. The number of azo groups is 1. The fraction of sp³-hybridized carbons (Fsp3) is 0.211. The molecule has 1 aromatic heterocycles. The third-order valence-electron chi connectivity index (χ3n) is 4.38. The van der Waals surface area contributed by atoms with Gasteiger partial charge in [0.2, 0.25) is 15.9 Å². The number of nitrogens with zero attached hydrogens (tertiary/aromatic N) is 4. The Hall–Kier alpha value is -3.20. The molecule has 3 rings (SSSR count). The van der Waals surface area contributed by atoms with Crippen LogP contribution in [0, 0.1) is 0 Å². The van der Waals surface area contributed by atoms with Crippen molar-refractivity contribution in [1.29, 1.82) is 0 Å². The van der Waals surface area contributed by atoms with Crippen LogP contribution in [0.1, 0.15) is 6.92 Å². The molecule has 0 fully saturated rings. The molecule has 0 spiro atoms. The number of para-hydroxylation sites is 2. The van der Waals surface area contributed by atoms with E-state index in [1.165, 1.54) is 11.5 Å². The summed E-state index contributed by atoms with van der Waals surface area (Å²) in [7, 11) is -2.06. The molecule has 0 aliphatic carbocycles. The maximum absolute atomic E-state index is 12.6. The van der Waals surface area contributed by atoms with Crippen LogP contribution in [0.25, 0.3) is 10.9 Å². The monoisotopic (exact) mass is 400 g/mol. The third-order valence-corrected chi connectivity index (χ3v) is 5.62. The van der Waals surface area contributed by atoms with Crippen LogP contribution < -0.4 is 4.31 Å². The number of sulfonamides is 1. The lowest BCUT2D eigenvalue weighted by atomic mass is 10.2. The summed E-state index contributed by atoms with van der Waals surface area (Å²) in [5.41, 5.74) is 1.25. The van der Waals surface area contributed by atoms with Gasteiger partial charge in [0.05, 0.1) is 17.5 Å². The van der Waals surface area contributed by atoms with E-state index in [1.807, 2.05) is 6.07 Å². The van der Waals surface area contributed by atoms with Crippen LogP contribution in [0.3, 0.4) is 0 Å². The maximum atomic E-state index is 12.6. The van der Waals surface area contributed by atoms with E-state index in [2.05, 4.69) is 10.2 Å². The van der Waals surface area contributed by atoms with Crippen molar-refractivity contribution in [2.45, 2.75) is 13.0 Å². The van der Waals surface area contributed by atoms with Gasteiger partial charge in [-0.25, -0.2) is 8.42 Å². The van der Waals surface area contributed by atoms with Gasteiger partial charge in [0, 0.05) is 12.4 Å². The van der Waals surface area contributed by atoms with Gasteiger partial charge in [-0.3, -0.25) is 9.10 Å². The van der Waals surface area contributed by atoms with E-state index in [0.717, 1.165) is 16.1 Å². The molecule has 0 aliphatic rings. The number of benzene rings is 2. The number of rotatable bonds is 5. The Morgan fingerprint density at radius 1 is 1.11 bits per heavy atom. The lowest BCUT2D eigenvalue weighted by Crippen LogP contribution is -2.42. The summed E-state index contributed by atoms with van der Waals surface area (Å²) in [6.07, 6.45) is 1.03. The molecule has 0 unspecified atom stereocenters. The predicted molar refractivity (Wildman–Crippen MR) is 107 cm³/mol. The normalized spacial score (nSPS) is 13.1. The van der Waals surface area contributed by atoms with Crippen molar-refractivity contribution in [3.63, 3.8) is 0 Å². The van der Waals surface area contributed by atoms with Gasteiger partial charge in [0.25, 0.3) is 5.91 Å². The molecular weight excluding hydrogens is 380 g/mol. The Kier molecular flexibility index (Phi) is 5.19. The number of hydrogen-bond acceptors (Lipinski definition) is 5. The zero-order valence-electron chi connectivity index (χ0n) is 15.6. The van der Waals surface area contributed by atoms with Gasteiger partial charge >= 0.3 is 0 Å². The third kappa shape index (κ3) is 3.61. The van der Waals surface area contributed by atoms with E-state index in [0.29, 0.717) is 11.1 Å². The Labute approximate surface area is 162 Å². The van der Waals surface area contributed by atoms with Crippen molar-refractivity contribution in [3.8, 4) is 5.88 Å². The van der Waals surface area contributed by atoms with Crippen LogP contribution in [0.5, 0.6) is 5.88 Å². The number of aromatic hydroxyl groups is 1. The van der Waals surface area contributed by atoms with Gasteiger partial charge in [-0.05, 0) is 25.1 Å². The van der Waals surface area contributed by atoms with Gasteiger partial charge in [0.15, 0.2) is 5.69 Å². The Morgan fingerprint density at radius 3 is 2.36 bits per heavy atom. The van der Waals surface area contributed by atoms with E-state index < -0.39 is 22.0 Å². The second-order valence-electron chi connectivity index (χ2n) is 6.36. The molecule has 146 valence electrons. The van der Waals surface area contributed by atoms with Crippen molar-refractivity contribution < 1.29 is 18.3 Å². The van der Waals surface area contributed by atoms with Crippen molar-refractivity contribution >= 4 is 38.2 Å². The topological polar surface area (TPSA) is 104 Å². The first-order chi connectivity index (χ1) is 13.2. The van der Waals surface area contributed by atoms with Crippen molar-refractivity contribution in [1.82, 2.24) is 4.57 Å². The molecule has 8 nitrogen and oxygen atoms in total. The average Bonchev–Trinajstić information content (AvgIpc) is 2.90. The summed E-state index contributed by atoms with van der Waals surface area (Å²) in [4.78, 5) is 12.6. The number of aromatic nitrogens is 1. The van der Waals surface area contributed by atoms with Crippen molar-refractivity contribution in [3.05, 3.63) is 54.6 Å². The molecule has 3 aromatic rings. The van der Waals surface area contributed by atoms with Crippen molar-refractivity contribution in [2.75, 3.05) is 10.6 Å². The number of fused-ring (bicyclic) bond motifs is 1. The van der Waals surface area contributed by atoms with Crippen LogP contribution in [-0.4, -0.2) is 36.3 Å². The summed E-state index contributed by atoms with van der Waals surface area (Å²) in [6, 6.07) is 14.4. The number of aryl methyl sites for hydroxylation is 1. The van der Waals surface area contributed by atoms with E-state index in [1.54, 1.807) is 55.6 Å². The first-order valence-electron chi connectivity index (χ1n) is 8.48. The van der Waals surface area contributed by atoms with Crippen LogP contribution in [-0.2, 0) is 21.9 Å². The first kappa shape index (κ1) is 19.6. The Balaban J connectivity index is 1.95. The molecule has 1 atom stereocenters. The molecule has 9 heteroatoms. The van der Waals surface area contributed by atoms with E-state index in [4.69, 9.17) is 0 Å². The number of carbonyl (C=O) groups is 1. The van der Waals surface area contributed by atoms with Gasteiger partial charge in [-0.1, -0.05) is 36.4 Å². The fourth-order valence-electron chi connectivity index (χ4n) is 3.02. The highest BCUT2D eigenvalue weighted by molar-refractivity contribution is 7.92. The summed E-state index contributed by atoms with van der Waals surface area (Å²) in [5.74, 6) is -0.880. The Morgan fingerprint density at radius 2 is 1.71 bits per heavy atom. The Bertz CT molecular complexity index is 1150. The molecule has 0 aliphatic heterocycles. The molecule has 0 radical (unpaired) electrons. The van der Waals surface area contributed by atoms with Crippen LogP contribution in [0.15, 0.2) is 64.8 Å². The molecule has 1 heterocycles. The van der Waals surface area contributed by atoms with Crippen LogP contribution >= 0.6 is 0 Å². The lowest BCUT2D eigenvalue weighted by Gasteiger charge is -2.26. The molecule has 0 bridgehead atoms. The predicted octanol–water partition coefficient (Wildman–Crippen LogP) is 3.35. The van der Waals surface area contributed by atoms with Gasteiger partial charge in [-0.15, -0.1) is 10.2 Å². The highest BCUT2D eigenvalue weighted by Crippen LogP contribution is 2.37. The van der Waals surface area contributed by atoms with E-state index in [-0.39, 0.29) is 11.6 Å².